The lowest BCUT2D eigenvalue weighted by Gasteiger charge is -2.09. The number of ether oxygens (including phenoxy) is 2. The molecular formula is C25H32O6. The molecule has 0 fully saturated rings. The first-order valence-electron chi connectivity index (χ1n) is 11.4. The van der Waals surface area contributed by atoms with Gasteiger partial charge in [-0.2, -0.15) is 0 Å². The molecule has 0 atom stereocenters. The van der Waals surface area contributed by atoms with Gasteiger partial charge in [0.1, 0.15) is 0 Å². The highest BCUT2D eigenvalue weighted by molar-refractivity contribution is 5.99. The third-order valence-corrected chi connectivity index (χ3v) is 5.32. The summed E-state index contributed by atoms with van der Waals surface area (Å²) in [7, 11) is 0. The first kappa shape index (κ1) is 22.9. The fraction of sp³-hybridized carbons (Fsp3) is 0.520. The average molecular weight is 429 g/mol. The number of unbranched alkanes of at least 4 members (excludes halogenated alkanes) is 7. The third kappa shape index (κ3) is 6.88. The van der Waals surface area contributed by atoms with Gasteiger partial charge in [-0.05, 0) is 37.5 Å². The molecule has 0 aliphatic heterocycles. The van der Waals surface area contributed by atoms with Crippen molar-refractivity contribution in [3.8, 4) is 5.75 Å². The number of hydrogen-bond acceptors (Lipinski definition) is 6. The quantitative estimate of drug-likeness (QED) is 0.168. The molecule has 31 heavy (non-hydrogen) atoms. The summed E-state index contributed by atoms with van der Waals surface area (Å²) in [4.78, 5) is 23.2. The number of carbonyl (C=O) groups is 1. The van der Waals surface area contributed by atoms with Crippen molar-refractivity contribution in [2.45, 2.75) is 71.1 Å². The summed E-state index contributed by atoms with van der Waals surface area (Å²) in [5, 5.41) is 1.73. The van der Waals surface area contributed by atoms with Crippen LogP contribution >= 0.6 is 0 Å². The summed E-state index contributed by atoms with van der Waals surface area (Å²) >= 11 is 0. The Morgan fingerprint density at radius 2 is 1.61 bits per heavy atom. The fourth-order valence-electron chi connectivity index (χ4n) is 3.60. The topological polar surface area (TPSA) is 78.9 Å². The molecule has 6 heteroatoms. The van der Waals surface area contributed by atoms with Gasteiger partial charge in [0, 0.05) is 23.3 Å². The zero-order valence-corrected chi connectivity index (χ0v) is 18.3. The van der Waals surface area contributed by atoms with E-state index in [0.29, 0.717) is 36.6 Å². The molecule has 0 aliphatic carbocycles. The van der Waals surface area contributed by atoms with Crippen LogP contribution in [0.3, 0.4) is 0 Å². The van der Waals surface area contributed by atoms with E-state index in [1.807, 2.05) is 12.1 Å². The van der Waals surface area contributed by atoms with Crippen LogP contribution in [0.4, 0.5) is 0 Å². The molecule has 0 aliphatic rings. The van der Waals surface area contributed by atoms with Crippen LogP contribution in [-0.4, -0.2) is 19.2 Å². The van der Waals surface area contributed by atoms with Gasteiger partial charge >= 0.3 is 11.6 Å². The SMILES string of the molecule is CCCCCC(=O)OCCCCCCCCOc1c2occc2cc2ccc(=O)oc12. The Morgan fingerprint density at radius 1 is 0.871 bits per heavy atom. The molecule has 0 saturated carbocycles. The monoisotopic (exact) mass is 428 g/mol. The van der Waals surface area contributed by atoms with Crippen molar-refractivity contribution in [2.75, 3.05) is 13.2 Å². The molecule has 0 bridgehead atoms. The summed E-state index contributed by atoms with van der Waals surface area (Å²) in [6, 6.07) is 6.94. The largest absolute Gasteiger partial charge is 0.486 e. The maximum absolute atomic E-state index is 11.6. The van der Waals surface area contributed by atoms with Crippen LogP contribution in [0.25, 0.3) is 21.9 Å². The van der Waals surface area contributed by atoms with Crippen molar-refractivity contribution in [3.63, 3.8) is 0 Å². The van der Waals surface area contributed by atoms with Crippen molar-refractivity contribution in [1.82, 2.24) is 0 Å². The van der Waals surface area contributed by atoms with E-state index >= 15 is 0 Å². The molecule has 0 N–H and O–H groups in total. The van der Waals surface area contributed by atoms with Crippen LogP contribution in [0.2, 0.25) is 0 Å². The van der Waals surface area contributed by atoms with Crippen molar-refractivity contribution >= 4 is 27.9 Å². The Bertz CT molecular complexity index is 1020. The third-order valence-electron chi connectivity index (χ3n) is 5.32. The predicted octanol–water partition coefficient (Wildman–Crippen LogP) is 6.38. The maximum Gasteiger partial charge on any atom is 0.336 e. The molecule has 0 saturated heterocycles. The second-order valence-corrected chi connectivity index (χ2v) is 7.86. The predicted molar refractivity (Wildman–Crippen MR) is 121 cm³/mol. The Balaban J connectivity index is 1.33. The summed E-state index contributed by atoms with van der Waals surface area (Å²) in [5.74, 6) is 0.427. The molecular weight excluding hydrogens is 396 g/mol. The van der Waals surface area contributed by atoms with Crippen LogP contribution in [0.15, 0.2) is 44.2 Å². The lowest BCUT2D eigenvalue weighted by Crippen LogP contribution is -2.05. The van der Waals surface area contributed by atoms with E-state index in [4.69, 9.17) is 18.3 Å². The zero-order valence-electron chi connectivity index (χ0n) is 18.3. The van der Waals surface area contributed by atoms with Gasteiger partial charge in [-0.1, -0.05) is 45.4 Å². The van der Waals surface area contributed by atoms with E-state index in [-0.39, 0.29) is 5.97 Å². The Morgan fingerprint density at radius 3 is 2.42 bits per heavy atom. The molecule has 0 spiro atoms. The van der Waals surface area contributed by atoms with E-state index in [0.717, 1.165) is 68.6 Å². The minimum absolute atomic E-state index is 0.0689. The van der Waals surface area contributed by atoms with Crippen LogP contribution in [0.1, 0.15) is 71.1 Å². The summed E-state index contributed by atoms with van der Waals surface area (Å²) in [6.07, 6.45) is 11.4. The van der Waals surface area contributed by atoms with Gasteiger partial charge in [-0.3, -0.25) is 4.79 Å². The van der Waals surface area contributed by atoms with Gasteiger partial charge in [-0.25, -0.2) is 4.79 Å². The highest BCUT2D eigenvalue weighted by Gasteiger charge is 2.14. The number of esters is 1. The van der Waals surface area contributed by atoms with Gasteiger partial charge in [0.15, 0.2) is 11.2 Å². The van der Waals surface area contributed by atoms with Gasteiger partial charge in [0.25, 0.3) is 0 Å². The molecule has 0 radical (unpaired) electrons. The first-order chi connectivity index (χ1) is 15.2. The standard InChI is InChI=1S/C25H32O6/c1-2-3-8-11-21(26)28-15-9-6-4-5-7-10-16-29-25-23-20(14-17-30-23)18-19-12-13-22(27)31-24(19)25/h12-14,17-18H,2-11,15-16H2,1H3. The van der Waals surface area contributed by atoms with E-state index < -0.39 is 5.63 Å². The van der Waals surface area contributed by atoms with Crippen molar-refractivity contribution < 1.29 is 23.1 Å². The van der Waals surface area contributed by atoms with Crippen LogP contribution in [0.5, 0.6) is 5.75 Å². The normalized spacial score (nSPS) is 11.3. The Hall–Kier alpha value is -2.76. The van der Waals surface area contributed by atoms with Gasteiger partial charge < -0.3 is 18.3 Å². The molecule has 2 aromatic heterocycles. The number of benzene rings is 1. The van der Waals surface area contributed by atoms with Gasteiger partial charge in [0.2, 0.25) is 5.75 Å². The van der Waals surface area contributed by atoms with Crippen LogP contribution in [-0.2, 0) is 9.53 Å². The van der Waals surface area contributed by atoms with Crippen molar-refractivity contribution in [2.24, 2.45) is 0 Å². The Labute approximate surface area is 182 Å². The lowest BCUT2D eigenvalue weighted by molar-refractivity contribution is -0.143. The average Bonchev–Trinajstić information content (AvgIpc) is 3.23. The second-order valence-electron chi connectivity index (χ2n) is 7.86. The molecule has 3 aromatic rings. The molecule has 2 heterocycles. The molecule has 0 amide bonds. The highest BCUT2D eigenvalue weighted by atomic mass is 16.5. The molecule has 0 unspecified atom stereocenters. The van der Waals surface area contributed by atoms with Gasteiger partial charge in [-0.15, -0.1) is 0 Å². The van der Waals surface area contributed by atoms with E-state index in [9.17, 15) is 9.59 Å². The molecule has 6 nitrogen and oxygen atoms in total. The van der Waals surface area contributed by atoms with E-state index in [1.54, 1.807) is 12.3 Å². The highest BCUT2D eigenvalue weighted by Crippen LogP contribution is 2.35. The van der Waals surface area contributed by atoms with Gasteiger partial charge in [0.05, 0.1) is 19.5 Å². The fourth-order valence-corrected chi connectivity index (χ4v) is 3.60. The van der Waals surface area contributed by atoms with Crippen LogP contribution in [0, 0.1) is 0 Å². The lowest BCUT2D eigenvalue weighted by atomic mass is 10.1. The Kier molecular flexibility index (Phi) is 9.00. The number of carbonyl (C=O) groups excluding carboxylic acids is 1. The molecule has 1 aromatic carbocycles. The molecule has 3 rings (SSSR count). The van der Waals surface area contributed by atoms with E-state index in [1.165, 1.54) is 6.07 Å². The number of furan rings is 1. The smallest absolute Gasteiger partial charge is 0.336 e. The summed E-state index contributed by atoms with van der Waals surface area (Å²) in [5.41, 5.74) is 0.625. The van der Waals surface area contributed by atoms with E-state index in [2.05, 4.69) is 6.92 Å². The zero-order chi connectivity index (χ0) is 21.9. The number of hydrogen-bond donors (Lipinski definition) is 0. The second kappa shape index (κ2) is 12.2. The van der Waals surface area contributed by atoms with Crippen LogP contribution < -0.4 is 10.4 Å². The first-order valence-corrected chi connectivity index (χ1v) is 11.4. The minimum Gasteiger partial charge on any atom is -0.486 e. The van der Waals surface area contributed by atoms with Crippen molar-refractivity contribution in [1.29, 1.82) is 0 Å². The minimum atomic E-state index is -0.408. The maximum atomic E-state index is 11.6. The van der Waals surface area contributed by atoms with Crippen molar-refractivity contribution in [3.05, 3.63) is 40.9 Å². The number of fused-ring (bicyclic) bond motifs is 2. The summed E-state index contributed by atoms with van der Waals surface area (Å²) in [6.45, 7) is 3.18. The number of rotatable bonds is 14. The summed E-state index contributed by atoms with van der Waals surface area (Å²) < 4.78 is 22.2. The molecule has 168 valence electrons.